The van der Waals surface area contributed by atoms with Crippen molar-refractivity contribution in [3.8, 4) is 0 Å². The molecule has 2 N–H and O–H groups in total. The van der Waals surface area contributed by atoms with Crippen LogP contribution in [-0.2, 0) is 16.6 Å². The van der Waals surface area contributed by atoms with Crippen LogP contribution >= 0.6 is 0 Å². The molecule has 0 radical (unpaired) electrons. The molecule has 180 valence electrons. The number of rotatable bonds is 7. The molecule has 4 bridgehead atoms. The number of aryl methyl sites for hydroxylation is 1. The average molecular weight is 463 g/mol. The second kappa shape index (κ2) is 8.67. The van der Waals surface area contributed by atoms with Gasteiger partial charge >= 0.3 is 0 Å². The molecule has 34 heavy (non-hydrogen) atoms. The largest absolute Gasteiger partial charge is 0.344 e. The highest BCUT2D eigenvalue weighted by molar-refractivity contribution is 6.07. The molecule has 7 nitrogen and oxygen atoms in total. The Bertz CT molecular complexity index is 1070. The molecular formula is C27H34N4O3. The molecule has 1 atom stereocenters. The Hall–Kier alpha value is -2.96. The van der Waals surface area contributed by atoms with Gasteiger partial charge in [0.1, 0.15) is 6.04 Å². The predicted molar refractivity (Wildman–Crippen MR) is 129 cm³/mol. The molecule has 4 aliphatic carbocycles. The van der Waals surface area contributed by atoms with E-state index >= 15 is 0 Å². The lowest BCUT2D eigenvalue weighted by Crippen LogP contribution is -2.57. The molecule has 2 amide bonds. The molecule has 0 saturated heterocycles. The van der Waals surface area contributed by atoms with Crippen LogP contribution in [-0.4, -0.2) is 33.2 Å². The molecule has 0 spiro atoms. The maximum absolute atomic E-state index is 13.5. The van der Waals surface area contributed by atoms with Gasteiger partial charge in [0.25, 0.3) is 0 Å². The fourth-order valence-electron chi connectivity index (χ4n) is 6.86. The zero-order chi connectivity index (χ0) is 24.0. The first-order valence-corrected chi connectivity index (χ1v) is 12.5. The molecule has 1 heterocycles. The van der Waals surface area contributed by atoms with Gasteiger partial charge in [0, 0.05) is 36.1 Å². The molecule has 4 saturated carbocycles. The fraction of sp³-hybridized carbons (Fsp3) is 0.556. The van der Waals surface area contributed by atoms with Gasteiger partial charge < -0.3 is 15.2 Å². The van der Waals surface area contributed by atoms with Crippen LogP contribution in [0.1, 0.15) is 68.6 Å². The molecule has 6 rings (SSSR count). The number of hydrogen-bond donors (Lipinski definition) is 2. The van der Waals surface area contributed by atoms with Crippen molar-refractivity contribution in [1.82, 2.24) is 14.9 Å². The summed E-state index contributed by atoms with van der Waals surface area (Å²) in [4.78, 5) is 43.4. The van der Waals surface area contributed by atoms with Gasteiger partial charge in [-0.1, -0.05) is 13.8 Å². The van der Waals surface area contributed by atoms with Crippen molar-refractivity contribution in [2.75, 3.05) is 5.32 Å². The monoisotopic (exact) mass is 462 g/mol. The zero-order valence-corrected chi connectivity index (χ0v) is 20.2. The molecule has 0 aliphatic heterocycles. The molecule has 7 heteroatoms. The molecule has 1 unspecified atom stereocenters. The minimum atomic E-state index is -0.602. The van der Waals surface area contributed by atoms with Gasteiger partial charge in [0.2, 0.25) is 17.6 Å². The minimum Gasteiger partial charge on any atom is -0.344 e. The van der Waals surface area contributed by atoms with Crippen LogP contribution in [0.5, 0.6) is 0 Å². The van der Waals surface area contributed by atoms with E-state index in [2.05, 4.69) is 15.6 Å². The lowest BCUT2D eigenvalue weighted by Gasteiger charge is -2.55. The van der Waals surface area contributed by atoms with Gasteiger partial charge in [-0.05, 0) is 86.5 Å². The van der Waals surface area contributed by atoms with E-state index in [0.717, 1.165) is 19.3 Å². The first-order valence-electron chi connectivity index (χ1n) is 12.5. The number of benzene rings is 1. The number of carbonyl (C=O) groups excluding carboxylic acids is 3. The molecule has 2 aromatic rings. The zero-order valence-electron chi connectivity index (χ0n) is 20.2. The van der Waals surface area contributed by atoms with Crippen molar-refractivity contribution < 1.29 is 14.4 Å². The van der Waals surface area contributed by atoms with E-state index in [1.807, 2.05) is 13.8 Å². The normalized spacial score (nSPS) is 28.1. The van der Waals surface area contributed by atoms with Gasteiger partial charge in [-0.25, -0.2) is 4.98 Å². The summed E-state index contributed by atoms with van der Waals surface area (Å²) in [7, 11) is 1.78. The maximum atomic E-state index is 13.5. The number of anilines is 1. The maximum Gasteiger partial charge on any atom is 0.247 e. The lowest BCUT2D eigenvalue weighted by atomic mass is 9.49. The summed E-state index contributed by atoms with van der Waals surface area (Å²) in [5, 5.41) is 6.06. The van der Waals surface area contributed by atoms with Crippen LogP contribution in [0.2, 0.25) is 0 Å². The summed E-state index contributed by atoms with van der Waals surface area (Å²) in [6.07, 6.45) is 10.1. The number of ketones is 1. The number of hydrogen-bond acceptors (Lipinski definition) is 4. The first-order chi connectivity index (χ1) is 16.2. The lowest BCUT2D eigenvalue weighted by molar-refractivity contribution is -0.148. The average Bonchev–Trinajstić information content (AvgIpc) is 3.22. The fourth-order valence-corrected chi connectivity index (χ4v) is 6.86. The van der Waals surface area contributed by atoms with E-state index in [4.69, 9.17) is 0 Å². The topological polar surface area (TPSA) is 93.1 Å². The highest BCUT2D eigenvalue weighted by Crippen LogP contribution is 2.60. The predicted octanol–water partition coefficient (Wildman–Crippen LogP) is 3.95. The standard InChI is InChI=1S/C27H34N4O3/c1-16(2)22(30-26(34)27-13-17-10-18(14-27)12-19(11-17)15-27)25(33)29-21-6-4-20(5-7-21)23(32)24-28-8-9-31(24)3/h4-9,16-19,22H,10-15H2,1-3H3,(H,29,33)(H,30,34). The van der Waals surface area contributed by atoms with Crippen LogP contribution in [0.25, 0.3) is 0 Å². The Morgan fingerprint density at radius 3 is 2.09 bits per heavy atom. The van der Waals surface area contributed by atoms with Crippen molar-refractivity contribution in [1.29, 1.82) is 0 Å². The molecule has 4 fully saturated rings. The molecule has 1 aromatic heterocycles. The summed E-state index contributed by atoms with van der Waals surface area (Å²) in [5.74, 6) is 2.02. The van der Waals surface area contributed by atoms with E-state index in [1.54, 1.807) is 48.3 Å². The Balaban J connectivity index is 1.25. The highest BCUT2D eigenvalue weighted by Gasteiger charge is 2.55. The smallest absolute Gasteiger partial charge is 0.247 e. The van der Waals surface area contributed by atoms with Crippen molar-refractivity contribution in [2.24, 2.45) is 36.1 Å². The van der Waals surface area contributed by atoms with Crippen molar-refractivity contribution in [3.63, 3.8) is 0 Å². The van der Waals surface area contributed by atoms with E-state index in [-0.39, 0.29) is 28.9 Å². The number of nitrogens with one attached hydrogen (secondary N) is 2. The first kappa shape index (κ1) is 22.8. The summed E-state index contributed by atoms with van der Waals surface area (Å²) in [6, 6.07) is 6.20. The molecule has 4 aliphatic rings. The number of amides is 2. The van der Waals surface area contributed by atoms with Gasteiger partial charge in [-0.3, -0.25) is 14.4 Å². The number of aromatic nitrogens is 2. The number of nitrogens with zero attached hydrogens (tertiary/aromatic N) is 2. The van der Waals surface area contributed by atoms with Crippen molar-refractivity contribution in [3.05, 3.63) is 48.0 Å². The summed E-state index contributed by atoms with van der Waals surface area (Å²) >= 11 is 0. The Labute approximate surface area is 200 Å². The third kappa shape index (κ3) is 4.17. The molecular weight excluding hydrogens is 428 g/mol. The van der Waals surface area contributed by atoms with E-state index < -0.39 is 6.04 Å². The quantitative estimate of drug-likeness (QED) is 0.610. The van der Waals surface area contributed by atoms with Crippen LogP contribution in [0.3, 0.4) is 0 Å². The van der Waals surface area contributed by atoms with Gasteiger partial charge in [0.05, 0.1) is 0 Å². The van der Waals surface area contributed by atoms with E-state index in [1.165, 1.54) is 19.3 Å². The van der Waals surface area contributed by atoms with Crippen molar-refractivity contribution >= 4 is 23.3 Å². The minimum absolute atomic E-state index is 0.0397. The highest BCUT2D eigenvalue weighted by atomic mass is 16.2. The van der Waals surface area contributed by atoms with Crippen LogP contribution < -0.4 is 10.6 Å². The van der Waals surface area contributed by atoms with Crippen LogP contribution in [0.15, 0.2) is 36.7 Å². The van der Waals surface area contributed by atoms with Crippen LogP contribution in [0, 0.1) is 29.1 Å². The summed E-state index contributed by atoms with van der Waals surface area (Å²) < 4.78 is 1.68. The summed E-state index contributed by atoms with van der Waals surface area (Å²) in [6.45, 7) is 3.91. The third-order valence-corrected chi connectivity index (χ3v) is 8.19. The van der Waals surface area contributed by atoms with Crippen LogP contribution in [0.4, 0.5) is 5.69 Å². The second-order valence-corrected chi connectivity index (χ2v) is 11.2. The Kier molecular flexibility index (Phi) is 5.82. The van der Waals surface area contributed by atoms with E-state index in [9.17, 15) is 14.4 Å². The Morgan fingerprint density at radius 2 is 1.59 bits per heavy atom. The SMILES string of the molecule is CC(C)C(NC(=O)C12CC3CC(CC(C3)C1)C2)C(=O)Nc1ccc(C(=O)c2nccn2C)cc1. The molecule has 1 aromatic carbocycles. The number of carbonyl (C=O) groups is 3. The number of imidazole rings is 1. The van der Waals surface area contributed by atoms with Gasteiger partial charge in [0.15, 0.2) is 5.82 Å². The van der Waals surface area contributed by atoms with Gasteiger partial charge in [-0.2, -0.15) is 0 Å². The van der Waals surface area contributed by atoms with Gasteiger partial charge in [-0.15, -0.1) is 0 Å². The third-order valence-electron chi connectivity index (χ3n) is 8.19. The van der Waals surface area contributed by atoms with E-state index in [0.29, 0.717) is 34.8 Å². The Morgan fingerprint density at radius 1 is 1.00 bits per heavy atom. The second-order valence-electron chi connectivity index (χ2n) is 11.2. The summed E-state index contributed by atoms with van der Waals surface area (Å²) in [5.41, 5.74) is 0.814. The van der Waals surface area contributed by atoms with Crippen molar-refractivity contribution in [2.45, 2.75) is 58.4 Å².